The Labute approximate surface area is 156 Å². The predicted octanol–water partition coefficient (Wildman–Crippen LogP) is 1.92. The highest BCUT2D eigenvalue weighted by atomic mass is 15.5. The lowest BCUT2D eigenvalue weighted by molar-refractivity contribution is 0.556. The third kappa shape index (κ3) is 2.78. The second-order valence-electron chi connectivity index (χ2n) is 7.04. The summed E-state index contributed by atoms with van der Waals surface area (Å²) in [5.74, 6) is 0.828. The van der Waals surface area contributed by atoms with Crippen molar-refractivity contribution < 1.29 is 0 Å². The maximum atomic E-state index is 6.03. The number of fused-ring (bicyclic) bond motifs is 2. The molecular formula is C19H20N8. The van der Waals surface area contributed by atoms with Crippen molar-refractivity contribution >= 4 is 28.0 Å². The highest BCUT2D eigenvalue weighted by Gasteiger charge is 2.22. The molecule has 4 aromatic rings. The fourth-order valence-electron chi connectivity index (χ4n) is 3.62. The van der Waals surface area contributed by atoms with Crippen molar-refractivity contribution in [3.63, 3.8) is 0 Å². The van der Waals surface area contributed by atoms with Crippen LogP contribution in [0.2, 0.25) is 0 Å². The number of anilines is 1. The molecule has 4 heterocycles. The lowest BCUT2D eigenvalue weighted by Gasteiger charge is -2.17. The zero-order valence-corrected chi connectivity index (χ0v) is 15.0. The van der Waals surface area contributed by atoms with Gasteiger partial charge in [0.05, 0.1) is 17.8 Å². The van der Waals surface area contributed by atoms with Gasteiger partial charge in [0.15, 0.2) is 0 Å². The molecule has 0 bridgehead atoms. The maximum Gasteiger partial charge on any atom is 0.221 e. The van der Waals surface area contributed by atoms with Crippen molar-refractivity contribution in [1.82, 2.24) is 29.9 Å². The Bertz CT molecular complexity index is 1120. The van der Waals surface area contributed by atoms with Gasteiger partial charge in [-0.2, -0.15) is 0 Å². The molecule has 0 spiro atoms. The number of aromatic nitrogens is 6. The highest BCUT2D eigenvalue weighted by Crippen LogP contribution is 2.25. The summed E-state index contributed by atoms with van der Waals surface area (Å²) in [4.78, 5) is 15.8. The molecule has 8 nitrogen and oxygen atoms in total. The van der Waals surface area contributed by atoms with Crippen molar-refractivity contribution in [2.24, 2.45) is 5.73 Å². The average Bonchev–Trinajstić information content (AvgIpc) is 3.32. The van der Waals surface area contributed by atoms with Gasteiger partial charge in [0.25, 0.3) is 0 Å². The molecule has 5 rings (SSSR count). The zero-order valence-electron chi connectivity index (χ0n) is 15.0. The van der Waals surface area contributed by atoms with E-state index in [4.69, 9.17) is 10.7 Å². The first-order chi connectivity index (χ1) is 13.2. The van der Waals surface area contributed by atoms with E-state index in [2.05, 4.69) is 50.3 Å². The zero-order chi connectivity index (χ0) is 18.4. The van der Waals surface area contributed by atoms with E-state index in [9.17, 15) is 0 Å². The molecule has 2 N–H and O–H groups in total. The number of rotatable bonds is 3. The van der Waals surface area contributed by atoms with Crippen molar-refractivity contribution in [1.29, 1.82) is 0 Å². The molecule has 8 heteroatoms. The largest absolute Gasteiger partial charge is 0.354 e. The van der Waals surface area contributed by atoms with Gasteiger partial charge < -0.3 is 10.6 Å². The standard InChI is InChI=1S/C19H20N8/c1-12(13-4-5-16-14(9-13)3-2-7-21-16)27-19-18(24-25-27)22-10-17(23-19)26-8-6-15(20)11-26/h2-5,7,9-10,12,15H,6,8,11,20H2,1H3. The summed E-state index contributed by atoms with van der Waals surface area (Å²) < 4.78 is 1.83. The number of pyridine rings is 1. The molecule has 0 saturated carbocycles. The van der Waals surface area contributed by atoms with E-state index < -0.39 is 0 Å². The number of nitrogens with two attached hydrogens (primary N) is 1. The van der Waals surface area contributed by atoms with Crippen LogP contribution in [0, 0.1) is 0 Å². The maximum absolute atomic E-state index is 6.03. The van der Waals surface area contributed by atoms with E-state index in [0.29, 0.717) is 11.3 Å². The van der Waals surface area contributed by atoms with Crippen molar-refractivity contribution in [3.8, 4) is 0 Å². The van der Waals surface area contributed by atoms with E-state index in [0.717, 1.165) is 41.8 Å². The van der Waals surface area contributed by atoms with Gasteiger partial charge in [0.1, 0.15) is 5.82 Å². The summed E-state index contributed by atoms with van der Waals surface area (Å²) in [6.45, 7) is 3.79. The molecule has 136 valence electrons. The van der Waals surface area contributed by atoms with Gasteiger partial charge in [-0.15, -0.1) is 5.10 Å². The Balaban J connectivity index is 1.54. The van der Waals surface area contributed by atoms with E-state index in [1.165, 1.54) is 0 Å². The van der Waals surface area contributed by atoms with Gasteiger partial charge >= 0.3 is 0 Å². The lowest BCUT2D eigenvalue weighted by atomic mass is 10.1. The summed E-state index contributed by atoms with van der Waals surface area (Å²) in [6, 6.07) is 10.4. The van der Waals surface area contributed by atoms with Gasteiger partial charge in [-0.25, -0.2) is 14.6 Å². The van der Waals surface area contributed by atoms with Crippen LogP contribution in [-0.4, -0.2) is 49.1 Å². The monoisotopic (exact) mass is 360 g/mol. The van der Waals surface area contributed by atoms with Crippen molar-refractivity contribution in [2.45, 2.75) is 25.4 Å². The van der Waals surface area contributed by atoms with Gasteiger partial charge in [0, 0.05) is 30.7 Å². The third-order valence-electron chi connectivity index (χ3n) is 5.20. The van der Waals surface area contributed by atoms with E-state index in [1.54, 1.807) is 12.4 Å². The van der Waals surface area contributed by atoms with Crippen molar-refractivity contribution in [2.75, 3.05) is 18.0 Å². The van der Waals surface area contributed by atoms with E-state index >= 15 is 0 Å². The fraction of sp³-hybridized carbons (Fsp3) is 0.316. The first-order valence-electron chi connectivity index (χ1n) is 9.12. The molecular weight excluding hydrogens is 340 g/mol. The SMILES string of the molecule is CC(c1ccc2ncccc2c1)n1nnc2ncc(N3CCC(N)C3)nc21. The molecule has 0 radical (unpaired) electrons. The molecule has 27 heavy (non-hydrogen) atoms. The average molecular weight is 360 g/mol. The van der Waals surface area contributed by atoms with E-state index in [-0.39, 0.29) is 12.1 Å². The Morgan fingerprint density at radius 3 is 3.00 bits per heavy atom. The van der Waals surface area contributed by atoms with Crippen LogP contribution in [0.1, 0.15) is 24.9 Å². The molecule has 1 saturated heterocycles. The van der Waals surface area contributed by atoms with Crippen LogP contribution >= 0.6 is 0 Å². The molecule has 1 aliphatic rings. The second-order valence-corrected chi connectivity index (χ2v) is 7.04. The van der Waals surface area contributed by atoms with Crippen LogP contribution in [-0.2, 0) is 0 Å². The van der Waals surface area contributed by atoms with Crippen molar-refractivity contribution in [3.05, 3.63) is 48.3 Å². The van der Waals surface area contributed by atoms with Crippen LogP contribution in [0.5, 0.6) is 0 Å². The summed E-state index contributed by atoms with van der Waals surface area (Å²) >= 11 is 0. The molecule has 1 fully saturated rings. The Kier molecular flexibility index (Phi) is 3.71. The molecule has 0 amide bonds. The van der Waals surface area contributed by atoms with Crippen LogP contribution in [0.3, 0.4) is 0 Å². The second kappa shape index (κ2) is 6.24. The van der Waals surface area contributed by atoms with Crippen LogP contribution in [0.15, 0.2) is 42.7 Å². The van der Waals surface area contributed by atoms with Gasteiger partial charge in [-0.1, -0.05) is 17.3 Å². The van der Waals surface area contributed by atoms with Gasteiger partial charge in [0.2, 0.25) is 11.3 Å². The molecule has 3 aromatic heterocycles. The molecule has 2 unspecified atom stereocenters. The number of benzene rings is 1. The van der Waals surface area contributed by atoms with E-state index in [1.807, 2.05) is 16.8 Å². The minimum Gasteiger partial charge on any atom is -0.354 e. The smallest absolute Gasteiger partial charge is 0.221 e. The number of nitrogens with zero attached hydrogens (tertiary/aromatic N) is 7. The number of hydrogen-bond acceptors (Lipinski definition) is 7. The molecule has 0 aliphatic carbocycles. The third-order valence-corrected chi connectivity index (χ3v) is 5.20. The normalized spacial score (nSPS) is 18.4. The van der Waals surface area contributed by atoms with Gasteiger partial charge in [-0.3, -0.25) is 4.98 Å². The van der Waals surface area contributed by atoms with Crippen LogP contribution in [0.25, 0.3) is 22.2 Å². The minimum atomic E-state index is -0.0232. The molecule has 1 aliphatic heterocycles. The summed E-state index contributed by atoms with van der Waals surface area (Å²) in [7, 11) is 0. The fourth-order valence-corrected chi connectivity index (χ4v) is 3.62. The van der Waals surface area contributed by atoms with Crippen LogP contribution in [0.4, 0.5) is 5.82 Å². The summed E-state index contributed by atoms with van der Waals surface area (Å²) in [5, 5.41) is 9.61. The topological polar surface area (TPSA) is 98.6 Å². The molecule has 1 aromatic carbocycles. The quantitative estimate of drug-likeness (QED) is 0.596. The Morgan fingerprint density at radius 1 is 1.22 bits per heavy atom. The minimum absolute atomic E-state index is 0.0232. The lowest BCUT2D eigenvalue weighted by Crippen LogP contribution is -2.27. The molecule has 2 atom stereocenters. The number of hydrogen-bond donors (Lipinski definition) is 1. The first-order valence-corrected chi connectivity index (χ1v) is 9.12. The summed E-state index contributed by atoms with van der Waals surface area (Å²) in [5.41, 5.74) is 9.37. The highest BCUT2D eigenvalue weighted by molar-refractivity contribution is 5.79. The summed E-state index contributed by atoms with van der Waals surface area (Å²) in [6.07, 6.45) is 4.53. The Hall–Kier alpha value is -3.13. The predicted molar refractivity (Wildman–Crippen MR) is 103 cm³/mol. The van der Waals surface area contributed by atoms with Crippen LogP contribution < -0.4 is 10.6 Å². The van der Waals surface area contributed by atoms with Gasteiger partial charge in [-0.05, 0) is 37.1 Å². The Morgan fingerprint density at radius 2 is 2.15 bits per heavy atom. The first kappa shape index (κ1) is 16.1.